The molecule has 3 aromatic heterocycles. The van der Waals surface area contributed by atoms with Gasteiger partial charge in [0.2, 0.25) is 0 Å². The predicted octanol–water partition coefficient (Wildman–Crippen LogP) is 7.56. The van der Waals surface area contributed by atoms with Gasteiger partial charge in [-0.25, -0.2) is 14.2 Å². The van der Waals surface area contributed by atoms with Gasteiger partial charge in [0.25, 0.3) is 0 Å². The first-order valence-electron chi connectivity index (χ1n) is 13.0. The molecule has 1 aliphatic rings. The van der Waals surface area contributed by atoms with E-state index in [0.29, 0.717) is 36.3 Å². The standard InChI is InChI=1S/C30H24Cl2F3N5O/c1-17-6-7-26-22-13-29(9-8-25(22)38-39(26)15-17,19-4-3-5-20(10-19)30(33,34)35)14-27(41)28-23(31)11-21(12-24(28)32)40-16-36-18(2)37-40/h3-7,10-12,15-16H,8-9,13-14H2,1-2H3. The van der Waals surface area contributed by atoms with Gasteiger partial charge in [-0.2, -0.15) is 23.4 Å². The molecular weight excluding hydrogens is 574 g/mol. The van der Waals surface area contributed by atoms with Crippen molar-refractivity contribution in [2.45, 2.75) is 51.1 Å². The van der Waals surface area contributed by atoms with Gasteiger partial charge >= 0.3 is 6.18 Å². The molecule has 210 valence electrons. The van der Waals surface area contributed by atoms with Crippen LogP contribution in [0.25, 0.3) is 11.2 Å². The Balaban J connectivity index is 1.44. The highest BCUT2D eigenvalue weighted by atomic mass is 35.5. The molecule has 6 nitrogen and oxygen atoms in total. The van der Waals surface area contributed by atoms with E-state index in [1.54, 1.807) is 25.1 Å². The monoisotopic (exact) mass is 597 g/mol. The second-order valence-electron chi connectivity index (χ2n) is 10.6. The van der Waals surface area contributed by atoms with Crippen molar-refractivity contribution in [1.82, 2.24) is 24.4 Å². The Hall–Kier alpha value is -3.69. The Labute approximate surface area is 243 Å². The number of rotatable bonds is 5. The molecule has 3 heterocycles. The number of fused-ring (bicyclic) bond motifs is 3. The highest BCUT2D eigenvalue weighted by Gasteiger charge is 2.42. The van der Waals surface area contributed by atoms with E-state index in [4.69, 9.17) is 28.3 Å². The van der Waals surface area contributed by atoms with Crippen molar-refractivity contribution in [1.29, 1.82) is 0 Å². The van der Waals surface area contributed by atoms with Gasteiger partial charge in [-0.3, -0.25) is 4.79 Å². The summed E-state index contributed by atoms with van der Waals surface area (Å²) in [5.74, 6) is 0.203. The molecule has 6 rings (SSSR count). The summed E-state index contributed by atoms with van der Waals surface area (Å²) in [5.41, 5.74) is 3.13. The molecule has 41 heavy (non-hydrogen) atoms. The molecule has 0 radical (unpaired) electrons. The molecular formula is C30H24Cl2F3N5O. The average Bonchev–Trinajstić information content (AvgIpc) is 3.50. The molecule has 0 spiro atoms. The third-order valence-corrected chi connectivity index (χ3v) is 8.39. The molecule has 1 atom stereocenters. The van der Waals surface area contributed by atoms with E-state index in [1.807, 2.05) is 29.8 Å². The van der Waals surface area contributed by atoms with Gasteiger partial charge in [-0.15, -0.1) is 0 Å². The highest BCUT2D eigenvalue weighted by Crippen LogP contribution is 2.45. The van der Waals surface area contributed by atoms with E-state index in [-0.39, 0.29) is 27.8 Å². The Morgan fingerprint density at radius 2 is 1.80 bits per heavy atom. The first-order valence-corrected chi connectivity index (χ1v) is 13.7. The largest absolute Gasteiger partial charge is 0.416 e. The van der Waals surface area contributed by atoms with Gasteiger partial charge < -0.3 is 0 Å². The molecule has 0 fully saturated rings. The summed E-state index contributed by atoms with van der Waals surface area (Å²) in [4.78, 5) is 18.1. The number of nitrogens with zero attached hydrogens (tertiary/aromatic N) is 5. The summed E-state index contributed by atoms with van der Waals surface area (Å²) < 4.78 is 44.7. The zero-order chi connectivity index (χ0) is 29.1. The zero-order valence-corrected chi connectivity index (χ0v) is 23.6. The quantitative estimate of drug-likeness (QED) is 0.196. The number of hydrogen-bond acceptors (Lipinski definition) is 4. The van der Waals surface area contributed by atoms with E-state index >= 15 is 0 Å². The molecule has 5 aromatic rings. The molecule has 1 unspecified atom stereocenters. The van der Waals surface area contributed by atoms with Crippen molar-refractivity contribution in [2.24, 2.45) is 0 Å². The maximum Gasteiger partial charge on any atom is 0.416 e. The fourth-order valence-corrected chi connectivity index (χ4v) is 6.47. The second-order valence-corrected chi connectivity index (χ2v) is 11.4. The summed E-state index contributed by atoms with van der Waals surface area (Å²) in [6.07, 6.45) is 0.102. The van der Waals surface area contributed by atoms with E-state index in [9.17, 15) is 18.0 Å². The molecule has 2 aromatic carbocycles. The van der Waals surface area contributed by atoms with Crippen LogP contribution in [-0.2, 0) is 24.4 Å². The third kappa shape index (κ3) is 5.02. The number of pyridine rings is 1. The highest BCUT2D eigenvalue weighted by molar-refractivity contribution is 6.40. The number of carbonyl (C=O) groups is 1. The van der Waals surface area contributed by atoms with Crippen molar-refractivity contribution in [3.63, 3.8) is 0 Å². The number of carbonyl (C=O) groups excluding carboxylic acids is 1. The van der Waals surface area contributed by atoms with Crippen LogP contribution < -0.4 is 0 Å². The maximum atomic E-state index is 14.0. The fourth-order valence-electron chi connectivity index (χ4n) is 5.78. The molecule has 11 heteroatoms. The number of alkyl halides is 3. The lowest BCUT2D eigenvalue weighted by atomic mass is 9.65. The Morgan fingerprint density at radius 1 is 1.05 bits per heavy atom. The lowest BCUT2D eigenvalue weighted by molar-refractivity contribution is -0.137. The first kappa shape index (κ1) is 27.5. The van der Waals surface area contributed by atoms with Gasteiger partial charge in [-0.1, -0.05) is 47.5 Å². The molecule has 0 aliphatic heterocycles. The normalized spacial score (nSPS) is 17.1. The van der Waals surface area contributed by atoms with Gasteiger partial charge in [0.1, 0.15) is 12.2 Å². The fraction of sp³-hybridized carbons (Fsp3) is 0.267. The van der Waals surface area contributed by atoms with E-state index in [1.165, 1.54) is 17.1 Å². The van der Waals surface area contributed by atoms with Gasteiger partial charge in [0, 0.05) is 23.6 Å². The minimum atomic E-state index is -4.52. The van der Waals surface area contributed by atoms with Crippen LogP contribution in [0.5, 0.6) is 0 Å². The molecule has 0 N–H and O–H groups in total. The van der Waals surface area contributed by atoms with Crippen LogP contribution in [0.2, 0.25) is 10.0 Å². The first-order chi connectivity index (χ1) is 19.4. The summed E-state index contributed by atoms with van der Waals surface area (Å²) >= 11 is 13.2. The Kier molecular flexibility index (Phi) is 6.70. The van der Waals surface area contributed by atoms with Crippen molar-refractivity contribution in [3.05, 3.63) is 110 Å². The van der Waals surface area contributed by atoms with Gasteiger partial charge in [0.15, 0.2) is 5.78 Å². The van der Waals surface area contributed by atoms with E-state index < -0.39 is 17.2 Å². The number of benzene rings is 2. The predicted molar refractivity (Wildman–Crippen MR) is 150 cm³/mol. The lowest BCUT2D eigenvalue weighted by Crippen LogP contribution is -2.36. The van der Waals surface area contributed by atoms with Crippen molar-refractivity contribution >= 4 is 34.5 Å². The van der Waals surface area contributed by atoms with E-state index in [2.05, 4.69) is 10.1 Å². The molecule has 0 bridgehead atoms. The Morgan fingerprint density at radius 3 is 2.49 bits per heavy atom. The van der Waals surface area contributed by atoms with Crippen LogP contribution in [0, 0.1) is 13.8 Å². The molecule has 1 aliphatic carbocycles. The second kappa shape index (κ2) is 9.99. The van der Waals surface area contributed by atoms with Crippen LogP contribution in [0.3, 0.4) is 0 Å². The summed E-state index contributed by atoms with van der Waals surface area (Å²) in [7, 11) is 0. The number of Topliss-reactive ketones (excluding diaryl/α,β-unsaturated/α-hetero) is 1. The number of aromatic nitrogens is 5. The SMILES string of the molecule is Cc1ccc2c3c(nn2c1)CCC(CC(=O)c1c(Cl)cc(-n2cnc(C)n2)cc1Cl)(c1cccc(C(F)(F)F)c1)C3. The number of ketones is 1. The summed E-state index contributed by atoms with van der Waals surface area (Å²) in [6.45, 7) is 3.71. The molecule has 0 saturated carbocycles. The minimum Gasteiger partial charge on any atom is -0.294 e. The lowest BCUT2D eigenvalue weighted by Gasteiger charge is -2.37. The molecule has 0 amide bonds. The zero-order valence-electron chi connectivity index (χ0n) is 22.1. The Bertz CT molecular complexity index is 1800. The topological polar surface area (TPSA) is 65.1 Å². The van der Waals surface area contributed by atoms with Crippen molar-refractivity contribution < 1.29 is 18.0 Å². The van der Waals surface area contributed by atoms with Crippen LogP contribution >= 0.6 is 23.2 Å². The minimum absolute atomic E-state index is 0.0851. The summed E-state index contributed by atoms with van der Waals surface area (Å²) in [5, 5.41) is 9.26. The van der Waals surface area contributed by atoms with Crippen LogP contribution in [-0.4, -0.2) is 30.2 Å². The number of halogens is 5. The van der Waals surface area contributed by atoms with Crippen molar-refractivity contribution in [3.8, 4) is 5.69 Å². The van der Waals surface area contributed by atoms with Gasteiger partial charge in [0.05, 0.1) is 38.1 Å². The van der Waals surface area contributed by atoms with E-state index in [0.717, 1.165) is 34.5 Å². The third-order valence-electron chi connectivity index (χ3n) is 7.80. The summed E-state index contributed by atoms with van der Waals surface area (Å²) in [6, 6.07) is 12.4. The number of hydrogen-bond donors (Lipinski definition) is 0. The number of aryl methyl sites for hydroxylation is 3. The van der Waals surface area contributed by atoms with Crippen LogP contribution in [0.1, 0.15) is 57.0 Å². The van der Waals surface area contributed by atoms with Crippen LogP contribution in [0.15, 0.2) is 61.1 Å². The average molecular weight is 598 g/mol. The van der Waals surface area contributed by atoms with Crippen molar-refractivity contribution in [2.75, 3.05) is 0 Å². The smallest absolute Gasteiger partial charge is 0.294 e. The van der Waals surface area contributed by atoms with Crippen LogP contribution in [0.4, 0.5) is 13.2 Å². The van der Waals surface area contributed by atoms with Gasteiger partial charge in [-0.05, 0) is 68.5 Å². The molecule has 0 saturated heterocycles. The maximum absolute atomic E-state index is 14.0.